The normalized spacial score (nSPS) is 9.50. The van der Waals surface area contributed by atoms with Crippen molar-refractivity contribution in [3.05, 3.63) is 0 Å². The average Bonchev–Trinajstić information content (AvgIpc) is 2.02. The van der Waals surface area contributed by atoms with Crippen LogP contribution >= 0.6 is 11.8 Å². The molecule has 12 heavy (non-hydrogen) atoms. The second-order valence-electron chi connectivity index (χ2n) is 2.11. The van der Waals surface area contributed by atoms with E-state index in [1.165, 1.54) is 11.8 Å². The second-order valence-corrected chi connectivity index (χ2v) is 3.43. The molecule has 0 bridgehead atoms. The Morgan fingerprint density at radius 1 is 1.25 bits per heavy atom. The Labute approximate surface area is 76.9 Å². The van der Waals surface area contributed by atoms with Crippen molar-refractivity contribution < 1.29 is 14.3 Å². The summed E-state index contributed by atoms with van der Waals surface area (Å²) < 4.78 is 4.67. The van der Waals surface area contributed by atoms with Crippen molar-refractivity contribution in [2.75, 3.05) is 12.4 Å². The zero-order valence-electron chi connectivity index (χ0n) is 7.46. The highest BCUT2D eigenvalue weighted by atomic mass is 32.2. The quantitative estimate of drug-likeness (QED) is 0.618. The number of esters is 1. The van der Waals surface area contributed by atoms with E-state index in [1.54, 1.807) is 6.92 Å². The molecule has 0 aromatic heterocycles. The Balaban J connectivity index is 3.40. The maximum absolute atomic E-state index is 10.9. The predicted molar refractivity (Wildman–Crippen MR) is 49.0 cm³/mol. The number of ether oxygens (including phenoxy) is 1. The highest BCUT2D eigenvalue weighted by Crippen LogP contribution is 2.06. The van der Waals surface area contributed by atoms with Crippen molar-refractivity contribution in [3.63, 3.8) is 0 Å². The van der Waals surface area contributed by atoms with Crippen molar-refractivity contribution in [1.29, 1.82) is 0 Å². The first-order valence-electron chi connectivity index (χ1n) is 4.02. The van der Waals surface area contributed by atoms with Gasteiger partial charge in [0, 0.05) is 6.42 Å². The summed E-state index contributed by atoms with van der Waals surface area (Å²) in [5.74, 6) is 0.476. The van der Waals surface area contributed by atoms with E-state index in [-0.39, 0.29) is 23.9 Å². The summed E-state index contributed by atoms with van der Waals surface area (Å²) in [7, 11) is 0. The van der Waals surface area contributed by atoms with Gasteiger partial charge in [-0.05, 0) is 12.7 Å². The molecule has 4 heteroatoms. The van der Waals surface area contributed by atoms with Crippen molar-refractivity contribution in [2.45, 2.75) is 26.7 Å². The van der Waals surface area contributed by atoms with Crippen molar-refractivity contribution in [3.8, 4) is 0 Å². The Morgan fingerprint density at radius 3 is 2.42 bits per heavy atom. The van der Waals surface area contributed by atoms with Gasteiger partial charge in [-0.15, -0.1) is 0 Å². The number of hydrogen-bond donors (Lipinski definition) is 0. The largest absolute Gasteiger partial charge is 0.466 e. The number of hydrogen-bond acceptors (Lipinski definition) is 4. The fourth-order valence-corrected chi connectivity index (χ4v) is 1.24. The number of carbonyl (C=O) groups is 2. The summed E-state index contributed by atoms with van der Waals surface area (Å²) >= 11 is 1.24. The van der Waals surface area contributed by atoms with Crippen LogP contribution in [0.15, 0.2) is 0 Å². The van der Waals surface area contributed by atoms with Gasteiger partial charge in [0.2, 0.25) is 0 Å². The van der Waals surface area contributed by atoms with E-state index >= 15 is 0 Å². The van der Waals surface area contributed by atoms with Gasteiger partial charge in [-0.25, -0.2) is 0 Å². The molecule has 0 saturated carbocycles. The maximum Gasteiger partial charge on any atom is 0.306 e. The first-order valence-corrected chi connectivity index (χ1v) is 5.00. The summed E-state index contributed by atoms with van der Waals surface area (Å²) in [4.78, 5) is 21.7. The summed E-state index contributed by atoms with van der Waals surface area (Å²) in [6.07, 6.45) is 0.497. The Kier molecular flexibility index (Phi) is 6.85. The van der Waals surface area contributed by atoms with E-state index < -0.39 is 0 Å². The standard InChI is InChI=1S/C8H14O3S/c1-3-11-7(9)5-6-8(10)12-4-2/h3-6H2,1-2H3. The Bertz CT molecular complexity index is 138. The van der Waals surface area contributed by atoms with E-state index in [0.717, 1.165) is 5.75 Å². The lowest BCUT2D eigenvalue weighted by molar-refractivity contribution is -0.143. The van der Waals surface area contributed by atoms with Crippen LogP contribution in [-0.2, 0) is 14.3 Å². The monoisotopic (exact) mass is 190 g/mol. The second kappa shape index (κ2) is 7.16. The van der Waals surface area contributed by atoms with Gasteiger partial charge in [0.05, 0.1) is 13.0 Å². The van der Waals surface area contributed by atoms with Crippen molar-refractivity contribution >= 4 is 22.8 Å². The molecular weight excluding hydrogens is 176 g/mol. The molecule has 0 N–H and O–H groups in total. The third kappa shape index (κ3) is 6.22. The van der Waals surface area contributed by atoms with Crippen LogP contribution in [0.4, 0.5) is 0 Å². The molecule has 0 aliphatic rings. The molecule has 0 aromatic carbocycles. The lowest BCUT2D eigenvalue weighted by Gasteiger charge is -1.99. The lowest BCUT2D eigenvalue weighted by atomic mass is 10.3. The minimum Gasteiger partial charge on any atom is -0.466 e. The van der Waals surface area contributed by atoms with E-state index in [0.29, 0.717) is 6.61 Å². The lowest BCUT2D eigenvalue weighted by Crippen LogP contribution is -2.05. The molecule has 0 atom stereocenters. The summed E-state index contributed by atoms with van der Waals surface area (Å²) in [6, 6.07) is 0. The molecule has 3 nitrogen and oxygen atoms in total. The fraction of sp³-hybridized carbons (Fsp3) is 0.750. The minimum absolute atomic E-state index is 0.0607. The molecule has 0 heterocycles. The molecule has 0 unspecified atom stereocenters. The van der Waals surface area contributed by atoms with Gasteiger partial charge >= 0.3 is 5.97 Å². The smallest absolute Gasteiger partial charge is 0.306 e. The van der Waals surface area contributed by atoms with Crippen LogP contribution in [-0.4, -0.2) is 23.4 Å². The zero-order chi connectivity index (χ0) is 9.40. The summed E-state index contributed by atoms with van der Waals surface area (Å²) in [5, 5.41) is 0.0607. The third-order valence-electron chi connectivity index (χ3n) is 1.14. The van der Waals surface area contributed by atoms with Crippen molar-refractivity contribution in [2.24, 2.45) is 0 Å². The number of rotatable bonds is 5. The van der Waals surface area contributed by atoms with Gasteiger partial charge < -0.3 is 4.74 Å². The summed E-state index contributed by atoms with van der Waals surface area (Å²) in [5.41, 5.74) is 0. The van der Waals surface area contributed by atoms with Gasteiger partial charge in [0.15, 0.2) is 5.12 Å². The van der Waals surface area contributed by atoms with Gasteiger partial charge in [0.25, 0.3) is 0 Å². The molecular formula is C8H14O3S. The first kappa shape index (κ1) is 11.5. The van der Waals surface area contributed by atoms with Gasteiger partial charge in [0.1, 0.15) is 0 Å². The molecule has 0 aliphatic heterocycles. The number of carbonyl (C=O) groups excluding carboxylic acids is 2. The van der Waals surface area contributed by atoms with E-state index in [1.807, 2.05) is 6.92 Å². The molecule has 0 saturated heterocycles. The molecule has 0 rings (SSSR count). The molecule has 0 spiro atoms. The van der Waals surface area contributed by atoms with Crippen LogP contribution in [0.1, 0.15) is 26.7 Å². The molecule has 0 aliphatic carbocycles. The van der Waals surface area contributed by atoms with Crippen LogP contribution in [0, 0.1) is 0 Å². The Morgan fingerprint density at radius 2 is 1.92 bits per heavy atom. The van der Waals surface area contributed by atoms with Crippen LogP contribution in [0.25, 0.3) is 0 Å². The van der Waals surface area contributed by atoms with Crippen LogP contribution in [0.2, 0.25) is 0 Å². The van der Waals surface area contributed by atoms with E-state index in [4.69, 9.17) is 0 Å². The number of thioether (sulfide) groups is 1. The maximum atomic E-state index is 10.9. The zero-order valence-corrected chi connectivity index (χ0v) is 8.28. The fourth-order valence-electron chi connectivity index (χ4n) is 0.670. The first-order chi connectivity index (χ1) is 5.70. The highest BCUT2D eigenvalue weighted by molar-refractivity contribution is 8.13. The average molecular weight is 190 g/mol. The molecule has 0 fully saturated rings. The third-order valence-corrected chi connectivity index (χ3v) is 1.96. The highest BCUT2D eigenvalue weighted by Gasteiger charge is 2.06. The molecule has 0 aromatic rings. The predicted octanol–water partition coefficient (Wildman–Crippen LogP) is 1.61. The van der Waals surface area contributed by atoms with Gasteiger partial charge in [-0.2, -0.15) is 0 Å². The molecule has 70 valence electrons. The van der Waals surface area contributed by atoms with Crippen LogP contribution < -0.4 is 0 Å². The van der Waals surface area contributed by atoms with Gasteiger partial charge in [-0.1, -0.05) is 18.7 Å². The van der Waals surface area contributed by atoms with E-state index in [9.17, 15) is 9.59 Å². The van der Waals surface area contributed by atoms with Crippen molar-refractivity contribution in [1.82, 2.24) is 0 Å². The topological polar surface area (TPSA) is 43.4 Å². The van der Waals surface area contributed by atoms with E-state index in [2.05, 4.69) is 4.74 Å². The minimum atomic E-state index is -0.289. The Hall–Kier alpha value is -0.510. The van der Waals surface area contributed by atoms with Crippen LogP contribution in [0.3, 0.4) is 0 Å². The van der Waals surface area contributed by atoms with Crippen LogP contribution in [0.5, 0.6) is 0 Å². The SMILES string of the molecule is CCOC(=O)CCC(=O)SCC. The molecule has 0 amide bonds. The summed E-state index contributed by atoms with van der Waals surface area (Å²) in [6.45, 7) is 4.04. The van der Waals surface area contributed by atoms with Gasteiger partial charge in [-0.3, -0.25) is 9.59 Å². The molecule has 0 radical (unpaired) electrons.